The van der Waals surface area contributed by atoms with E-state index in [1.807, 2.05) is 14.1 Å². The van der Waals surface area contributed by atoms with E-state index in [0.717, 1.165) is 6.54 Å². The molecule has 0 unspecified atom stereocenters. The van der Waals surface area contributed by atoms with Crippen LogP contribution in [0, 0.1) is 10.1 Å². The molecule has 0 N–H and O–H groups in total. The van der Waals surface area contributed by atoms with Crippen LogP contribution in [0.15, 0.2) is 24.3 Å². The highest BCUT2D eigenvalue weighted by Gasteiger charge is 2.04. The van der Waals surface area contributed by atoms with E-state index in [1.54, 1.807) is 12.1 Å². The average Bonchev–Trinajstić information content (AvgIpc) is 2.80. The van der Waals surface area contributed by atoms with Gasteiger partial charge in [0.05, 0.1) is 84.2 Å². The molecular formula is C22H38N2O9. The zero-order chi connectivity index (χ0) is 24.0. The molecule has 0 saturated heterocycles. The van der Waals surface area contributed by atoms with Crippen molar-refractivity contribution in [1.82, 2.24) is 4.90 Å². The number of non-ortho nitro benzene ring substituents is 1. The van der Waals surface area contributed by atoms with E-state index >= 15 is 0 Å². The minimum Gasteiger partial charge on any atom is -0.491 e. The average molecular weight is 475 g/mol. The zero-order valence-corrected chi connectivity index (χ0v) is 19.8. The first kappa shape index (κ1) is 29.2. The van der Waals surface area contributed by atoms with Crippen molar-refractivity contribution in [2.45, 2.75) is 0 Å². The number of nitrogens with zero attached hydrogens (tertiary/aromatic N) is 2. The van der Waals surface area contributed by atoms with Crippen LogP contribution in [0.3, 0.4) is 0 Å². The Kier molecular flexibility index (Phi) is 18.3. The lowest BCUT2D eigenvalue weighted by Gasteiger charge is -2.10. The molecule has 33 heavy (non-hydrogen) atoms. The lowest BCUT2D eigenvalue weighted by Crippen LogP contribution is -2.19. The molecule has 1 aromatic rings. The summed E-state index contributed by atoms with van der Waals surface area (Å²) in [6.45, 7) is 7.54. The van der Waals surface area contributed by atoms with Crippen LogP contribution in [0.5, 0.6) is 5.75 Å². The van der Waals surface area contributed by atoms with E-state index in [-0.39, 0.29) is 5.69 Å². The Morgan fingerprint density at radius 3 is 1.36 bits per heavy atom. The molecule has 0 aliphatic heterocycles. The second-order valence-electron chi connectivity index (χ2n) is 7.08. The topological polar surface area (TPSA) is 111 Å². The SMILES string of the molecule is CN(C)CCOCCOCCOCCOCCOCCOCCOc1ccc([N+](=O)[O-])cc1. The van der Waals surface area contributed by atoms with Crippen LogP contribution in [0.25, 0.3) is 0 Å². The summed E-state index contributed by atoms with van der Waals surface area (Å²) in [5, 5.41) is 10.6. The highest BCUT2D eigenvalue weighted by Crippen LogP contribution is 2.16. The maximum atomic E-state index is 10.6. The summed E-state index contributed by atoms with van der Waals surface area (Å²) in [5.41, 5.74) is 0.0327. The number of hydrogen-bond acceptors (Lipinski definition) is 10. The lowest BCUT2D eigenvalue weighted by atomic mass is 10.3. The van der Waals surface area contributed by atoms with Crippen molar-refractivity contribution in [3.63, 3.8) is 0 Å². The van der Waals surface area contributed by atoms with Crippen molar-refractivity contribution in [3.8, 4) is 5.75 Å². The van der Waals surface area contributed by atoms with Crippen molar-refractivity contribution in [2.75, 3.05) is 107 Å². The number of hydrogen-bond donors (Lipinski definition) is 0. The van der Waals surface area contributed by atoms with Crippen LogP contribution < -0.4 is 4.74 Å². The third-order valence-corrected chi connectivity index (χ3v) is 4.09. The summed E-state index contributed by atoms with van der Waals surface area (Å²) < 4.78 is 38.0. The molecule has 0 atom stereocenters. The minimum absolute atomic E-state index is 0.0327. The van der Waals surface area contributed by atoms with Crippen LogP contribution in [-0.4, -0.2) is 116 Å². The molecule has 0 aliphatic carbocycles. The van der Waals surface area contributed by atoms with Crippen molar-refractivity contribution in [2.24, 2.45) is 0 Å². The number of nitro groups is 1. The summed E-state index contributed by atoms with van der Waals surface area (Å²) in [5.74, 6) is 0.565. The van der Waals surface area contributed by atoms with Gasteiger partial charge in [0.2, 0.25) is 0 Å². The van der Waals surface area contributed by atoms with E-state index in [2.05, 4.69) is 4.90 Å². The van der Waals surface area contributed by atoms with E-state index in [9.17, 15) is 10.1 Å². The number of rotatable bonds is 23. The molecule has 0 aliphatic rings. The fourth-order valence-corrected chi connectivity index (χ4v) is 2.33. The molecule has 11 nitrogen and oxygen atoms in total. The Bertz CT molecular complexity index is 588. The smallest absolute Gasteiger partial charge is 0.269 e. The first-order chi connectivity index (χ1) is 16.1. The van der Waals surface area contributed by atoms with Crippen molar-refractivity contribution in [3.05, 3.63) is 34.4 Å². The summed E-state index contributed by atoms with van der Waals surface area (Å²) in [6, 6.07) is 5.92. The maximum Gasteiger partial charge on any atom is 0.269 e. The molecule has 0 bridgehead atoms. The third-order valence-electron chi connectivity index (χ3n) is 4.09. The first-order valence-electron chi connectivity index (χ1n) is 11.1. The normalized spacial score (nSPS) is 11.2. The third kappa shape index (κ3) is 18.3. The Balaban J connectivity index is 1.73. The maximum absolute atomic E-state index is 10.6. The summed E-state index contributed by atoms with van der Waals surface area (Å²) in [4.78, 5) is 12.2. The molecule has 0 amide bonds. The van der Waals surface area contributed by atoms with E-state index in [1.165, 1.54) is 12.1 Å². The second-order valence-corrected chi connectivity index (χ2v) is 7.08. The van der Waals surface area contributed by atoms with Gasteiger partial charge >= 0.3 is 0 Å². The number of nitro benzene ring substituents is 1. The molecular weight excluding hydrogens is 436 g/mol. The van der Waals surface area contributed by atoms with Gasteiger partial charge in [0, 0.05) is 18.7 Å². The van der Waals surface area contributed by atoms with Crippen LogP contribution in [-0.2, 0) is 28.4 Å². The van der Waals surface area contributed by atoms with Crippen molar-refractivity contribution >= 4 is 5.69 Å². The summed E-state index contributed by atoms with van der Waals surface area (Å²) >= 11 is 0. The van der Waals surface area contributed by atoms with Crippen LogP contribution in [0.1, 0.15) is 0 Å². The Morgan fingerprint density at radius 1 is 0.636 bits per heavy atom. The van der Waals surface area contributed by atoms with Gasteiger partial charge in [-0.25, -0.2) is 0 Å². The predicted octanol–water partition coefficient (Wildman–Crippen LogP) is 1.63. The van der Waals surface area contributed by atoms with Crippen LogP contribution >= 0.6 is 0 Å². The minimum atomic E-state index is -0.449. The van der Waals surface area contributed by atoms with Crippen molar-refractivity contribution < 1.29 is 38.1 Å². The Labute approximate surface area is 195 Å². The number of ether oxygens (including phenoxy) is 7. The van der Waals surface area contributed by atoms with E-state index in [0.29, 0.717) is 91.6 Å². The zero-order valence-electron chi connectivity index (χ0n) is 19.8. The Hall–Kier alpha value is -1.86. The summed E-state index contributed by atoms with van der Waals surface area (Å²) in [7, 11) is 4.02. The fourth-order valence-electron chi connectivity index (χ4n) is 2.33. The van der Waals surface area contributed by atoms with Gasteiger partial charge in [-0.05, 0) is 26.2 Å². The molecule has 1 rings (SSSR count). The molecule has 0 aromatic heterocycles. The number of benzene rings is 1. The van der Waals surface area contributed by atoms with Gasteiger partial charge in [0.15, 0.2) is 0 Å². The first-order valence-corrected chi connectivity index (χ1v) is 11.1. The quantitative estimate of drug-likeness (QED) is 0.132. The van der Waals surface area contributed by atoms with E-state index in [4.69, 9.17) is 33.2 Å². The highest BCUT2D eigenvalue weighted by molar-refractivity contribution is 5.35. The summed E-state index contributed by atoms with van der Waals surface area (Å²) in [6.07, 6.45) is 0. The van der Waals surface area contributed by atoms with Gasteiger partial charge in [-0.3, -0.25) is 10.1 Å². The highest BCUT2D eigenvalue weighted by atomic mass is 16.6. The molecule has 0 fully saturated rings. The standard InChI is InChI=1S/C22H38N2O9/c1-23(2)7-8-27-9-10-28-11-12-29-13-14-30-15-16-31-17-18-32-19-20-33-22-5-3-21(4-6-22)24(25)26/h3-6H,7-20H2,1-2H3. The molecule has 11 heteroatoms. The molecule has 0 spiro atoms. The Morgan fingerprint density at radius 2 is 1.00 bits per heavy atom. The molecule has 1 aromatic carbocycles. The lowest BCUT2D eigenvalue weighted by molar-refractivity contribution is -0.384. The molecule has 0 heterocycles. The number of likely N-dealkylation sites (N-methyl/N-ethyl adjacent to an activating group) is 1. The van der Waals surface area contributed by atoms with Gasteiger partial charge < -0.3 is 38.1 Å². The monoisotopic (exact) mass is 474 g/mol. The van der Waals surface area contributed by atoms with Gasteiger partial charge in [-0.1, -0.05) is 0 Å². The van der Waals surface area contributed by atoms with Crippen LogP contribution in [0.4, 0.5) is 5.69 Å². The van der Waals surface area contributed by atoms with Gasteiger partial charge in [0.1, 0.15) is 12.4 Å². The molecule has 0 radical (unpaired) electrons. The largest absolute Gasteiger partial charge is 0.491 e. The second kappa shape index (κ2) is 20.7. The predicted molar refractivity (Wildman–Crippen MR) is 122 cm³/mol. The van der Waals surface area contributed by atoms with Crippen LogP contribution in [0.2, 0.25) is 0 Å². The fraction of sp³-hybridized carbons (Fsp3) is 0.727. The van der Waals surface area contributed by atoms with Gasteiger partial charge in [-0.2, -0.15) is 0 Å². The van der Waals surface area contributed by atoms with E-state index < -0.39 is 4.92 Å². The molecule has 190 valence electrons. The van der Waals surface area contributed by atoms with Crippen molar-refractivity contribution in [1.29, 1.82) is 0 Å². The van der Waals surface area contributed by atoms with Gasteiger partial charge in [0.25, 0.3) is 5.69 Å². The molecule has 0 saturated carbocycles. The van der Waals surface area contributed by atoms with Gasteiger partial charge in [-0.15, -0.1) is 0 Å².